The normalized spacial score (nSPS) is 14.8. The molecule has 0 rings (SSSR count). The Kier molecular flexibility index (Phi) is 3.99. The van der Waals surface area contributed by atoms with E-state index in [2.05, 4.69) is 6.58 Å². The van der Waals surface area contributed by atoms with E-state index in [1.165, 1.54) is 6.08 Å². The third-order valence-electron chi connectivity index (χ3n) is 0.919. The number of hydrogen-bond acceptors (Lipinski definition) is 2. The van der Waals surface area contributed by atoms with E-state index in [0.717, 1.165) is 0 Å². The predicted molar refractivity (Wildman–Crippen MR) is 42.5 cm³/mol. The van der Waals surface area contributed by atoms with Crippen LogP contribution in [0.2, 0.25) is 0 Å². The van der Waals surface area contributed by atoms with Crippen LogP contribution in [0.15, 0.2) is 23.3 Å². The summed E-state index contributed by atoms with van der Waals surface area (Å²) in [6, 6.07) is 0. The van der Waals surface area contributed by atoms with Crippen molar-refractivity contribution in [2.45, 2.75) is 13.3 Å². The molecule has 0 spiro atoms. The minimum absolute atomic E-state index is 0.305. The standard InChI is InChI=1S/C6H11NO2S/c1-3-6(10(8)9)4-5(2)7/h4H,2-3,7H2,1H3,(H,8,9). The van der Waals surface area contributed by atoms with Gasteiger partial charge in [-0.05, 0) is 12.5 Å². The first-order valence-corrected chi connectivity index (χ1v) is 3.94. The van der Waals surface area contributed by atoms with E-state index in [1.807, 2.05) is 0 Å². The highest BCUT2D eigenvalue weighted by Gasteiger charge is 1.99. The molecule has 0 saturated carbocycles. The van der Waals surface area contributed by atoms with Gasteiger partial charge in [-0.3, -0.25) is 0 Å². The largest absolute Gasteiger partial charge is 0.399 e. The highest BCUT2D eigenvalue weighted by molar-refractivity contribution is 7.83. The fraction of sp³-hybridized carbons (Fsp3) is 0.333. The smallest absolute Gasteiger partial charge is 0.182 e. The molecule has 0 bridgehead atoms. The molecule has 0 saturated heterocycles. The molecule has 0 heterocycles. The van der Waals surface area contributed by atoms with Crippen LogP contribution < -0.4 is 5.73 Å². The zero-order valence-electron chi connectivity index (χ0n) is 5.83. The van der Waals surface area contributed by atoms with E-state index >= 15 is 0 Å². The number of hydrogen-bond donors (Lipinski definition) is 2. The van der Waals surface area contributed by atoms with Crippen molar-refractivity contribution in [3.05, 3.63) is 23.3 Å². The van der Waals surface area contributed by atoms with Crippen molar-refractivity contribution in [1.82, 2.24) is 0 Å². The van der Waals surface area contributed by atoms with E-state index in [1.54, 1.807) is 6.92 Å². The molecule has 3 N–H and O–H groups in total. The second kappa shape index (κ2) is 4.24. The van der Waals surface area contributed by atoms with E-state index in [4.69, 9.17) is 10.3 Å². The van der Waals surface area contributed by atoms with Crippen LogP contribution in [0.25, 0.3) is 0 Å². The third-order valence-corrected chi connectivity index (χ3v) is 1.77. The fourth-order valence-electron chi connectivity index (χ4n) is 0.483. The first-order chi connectivity index (χ1) is 4.57. The number of allylic oxidation sites excluding steroid dienone is 2. The summed E-state index contributed by atoms with van der Waals surface area (Å²) >= 11 is -1.90. The van der Waals surface area contributed by atoms with E-state index in [9.17, 15) is 4.21 Å². The summed E-state index contributed by atoms with van der Waals surface area (Å²) in [4.78, 5) is 0.396. The van der Waals surface area contributed by atoms with Crippen molar-refractivity contribution in [1.29, 1.82) is 0 Å². The van der Waals surface area contributed by atoms with Gasteiger partial charge in [0.25, 0.3) is 0 Å². The Morgan fingerprint density at radius 1 is 1.90 bits per heavy atom. The lowest BCUT2D eigenvalue weighted by Gasteiger charge is -1.96. The Morgan fingerprint density at radius 2 is 2.40 bits per heavy atom. The van der Waals surface area contributed by atoms with Crippen LogP contribution in [0.5, 0.6) is 0 Å². The average molecular weight is 161 g/mol. The first-order valence-electron chi connectivity index (χ1n) is 2.83. The Hall–Kier alpha value is -0.610. The zero-order chi connectivity index (χ0) is 8.15. The second-order valence-corrected chi connectivity index (χ2v) is 2.81. The molecule has 1 unspecified atom stereocenters. The van der Waals surface area contributed by atoms with Crippen LogP contribution in [0.4, 0.5) is 0 Å². The van der Waals surface area contributed by atoms with Crippen molar-refractivity contribution in [3.63, 3.8) is 0 Å². The molecule has 0 aliphatic rings. The van der Waals surface area contributed by atoms with Gasteiger partial charge >= 0.3 is 0 Å². The number of rotatable bonds is 3. The van der Waals surface area contributed by atoms with Crippen molar-refractivity contribution in [2.75, 3.05) is 0 Å². The van der Waals surface area contributed by atoms with Crippen LogP contribution in [-0.2, 0) is 11.1 Å². The van der Waals surface area contributed by atoms with Gasteiger partial charge in [0, 0.05) is 10.6 Å². The topological polar surface area (TPSA) is 63.3 Å². The van der Waals surface area contributed by atoms with E-state index < -0.39 is 11.1 Å². The highest BCUT2D eigenvalue weighted by Crippen LogP contribution is 2.05. The highest BCUT2D eigenvalue weighted by atomic mass is 32.2. The summed E-state index contributed by atoms with van der Waals surface area (Å²) in [5.74, 6) is 0. The predicted octanol–water partition coefficient (Wildman–Crippen LogP) is 0.974. The summed E-state index contributed by atoms with van der Waals surface area (Å²) in [6.07, 6.45) is 1.93. The van der Waals surface area contributed by atoms with Gasteiger partial charge in [0.15, 0.2) is 11.1 Å². The molecular formula is C6H11NO2S. The van der Waals surface area contributed by atoms with Crippen LogP contribution in [0.1, 0.15) is 13.3 Å². The van der Waals surface area contributed by atoms with Gasteiger partial charge in [0.2, 0.25) is 0 Å². The zero-order valence-corrected chi connectivity index (χ0v) is 6.65. The quantitative estimate of drug-likeness (QED) is 0.479. The van der Waals surface area contributed by atoms with Crippen molar-refractivity contribution >= 4 is 11.1 Å². The van der Waals surface area contributed by atoms with Gasteiger partial charge in [0.1, 0.15) is 0 Å². The number of nitrogens with two attached hydrogens (primary N) is 1. The lowest BCUT2D eigenvalue weighted by atomic mass is 10.3. The molecule has 0 amide bonds. The third kappa shape index (κ3) is 3.42. The molecule has 58 valence electrons. The monoisotopic (exact) mass is 161 g/mol. The molecule has 4 heteroatoms. The molecule has 1 atom stereocenters. The summed E-state index contributed by atoms with van der Waals surface area (Å²) in [6.45, 7) is 5.16. The second-order valence-electron chi connectivity index (χ2n) is 1.79. The van der Waals surface area contributed by atoms with Gasteiger partial charge in [-0.15, -0.1) is 0 Å². The van der Waals surface area contributed by atoms with Crippen molar-refractivity contribution in [3.8, 4) is 0 Å². The Labute approximate surface area is 62.9 Å². The van der Waals surface area contributed by atoms with Crippen molar-refractivity contribution in [2.24, 2.45) is 5.73 Å². The summed E-state index contributed by atoms with van der Waals surface area (Å²) in [5.41, 5.74) is 5.50. The molecule has 0 aromatic rings. The molecule has 0 aromatic carbocycles. The van der Waals surface area contributed by atoms with Gasteiger partial charge < -0.3 is 10.3 Å². The van der Waals surface area contributed by atoms with Gasteiger partial charge in [-0.1, -0.05) is 13.5 Å². The summed E-state index contributed by atoms with van der Waals surface area (Å²) < 4.78 is 19.0. The van der Waals surface area contributed by atoms with Gasteiger partial charge in [-0.2, -0.15) is 0 Å². The molecule has 0 radical (unpaired) electrons. The fourth-order valence-corrected chi connectivity index (χ4v) is 0.982. The van der Waals surface area contributed by atoms with E-state index in [-0.39, 0.29) is 0 Å². The van der Waals surface area contributed by atoms with Gasteiger partial charge in [-0.25, -0.2) is 4.21 Å². The van der Waals surface area contributed by atoms with Crippen molar-refractivity contribution < 1.29 is 8.76 Å². The van der Waals surface area contributed by atoms with Crippen LogP contribution in [0.3, 0.4) is 0 Å². The molecule has 0 aromatic heterocycles. The Balaban J connectivity index is 4.34. The van der Waals surface area contributed by atoms with Crippen LogP contribution >= 0.6 is 0 Å². The molecule has 0 fully saturated rings. The lowest BCUT2D eigenvalue weighted by Crippen LogP contribution is -1.96. The Morgan fingerprint density at radius 3 is 2.50 bits per heavy atom. The maximum atomic E-state index is 10.4. The molecule has 3 nitrogen and oxygen atoms in total. The molecule has 0 aliphatic carbocycles. The SMILES string of the molecule is C=C(N)C=C(CC)S(=O)O. The maximum absolute atomic E-state index is 10.4. The Bertz CT molecular complexity index is 186. The first kappa shape index (κ1) is 9.39. The average Bonchev–Trinajstić information content (AvgIpc) is 1.81. The van der Waals surface area contributed by atoms with Gasteiger partial charge in [0.05, 0.1) is 0 Å². The summed E-state index contributed by atoms with van der Waals surface area (Å²) in [7, 11) is 0. The molecule has 0 aliphatic heterocycles. The minimum Gasteiger partial charge on any atom is -0.399 e. The lowest BCUT2D eigenvalue weighted by molar-refractivity contribution is 0.569. The maximum Gasteiger partial charge on any atom is 0.182 e. The molecule has 10 heavy (non-hydrogen) atoms. The van der Waals surface area contributed by atoms with Crippen LogP contribution in [-0.4, -0.2) is 8.76 Å². The summed E-state index contributed by atoms with van der Waals surface area (Å²) in [5, 5.41) is 0. The molecular weight excluding hydrogens is 150 g/mol. The van der Waals surface area contributed by atoms with E-state index in [0.29, 0.717) is 17.0 Å². The minimum atomic E-state index is -1.90. The van der Waals surface area contributed by atoms with Crippen LogP contribution in [0, 0.1) is 0 Å².